The zero-order valence-electron chi connectivity index (χ0n) is 12.3. The molecule has 0 fully saturated rings. The normalized spacial score (nSPS) is 10.7. The third kappa shape index (κ3) is 4.44. The van der Waals surface area contributed by atoms with Crippen molar-refractivity contribution < 1.29 is 4.74 Å². The van der Waals surface area contributed by atoms with Gasteiger partial charge < -0.3 is 4.74 Å². The van der Waals surface area contributed by atoms with E-state index in [2.05, 4.69) is 26.5 Å². The molecule has 3 aromatic carbocycles. The molecule has 0 saturated heterocycles. The summed E-state index contributed by atoms with van der Waals surface area (Å²) in [6.07, 6.45) is 1.77. The van der Waals surface area contributed by atoms with Crippen LogP contribution in [0.25, 0.3) is 0 Å². The molecular weight excluding hydrogens is 352 g/mol. The van der Waals surface area contributed by atoms with Gasteiger partial charge in [-0.1, -0.05) is 36.4 Å². The Hall–Kier alpha value is -2.59. The highest BCUT2D eigenvalue weighted by atomic mass is 79.9. The number of benzene rings is 3. The van der Waals surface area contributed by atoms with Gasteiger partial charge in [0.15, 0.2) is 0 Å². The molecule has 0 radical (unpaired) electrons. The summed E-state index contributed by atoms with van der Waals surface area (Å²) >= 11 is 3.53. The van der Waals surface area contributed by atoms with Gasteiger partial charge in [-0.15, -0.1) is 0 Å². The van der Waals surface area contributed by atoms with Crippen molar-refractivity contribution in [1.29, 1.82) is 0 Å². The summed E-state index contributed by atoms with van der Waals surface area (Å²) in [5.41, 5.74) is 4.91. The van der Waals surface area contributed by atoms with E-state index in [0.29, 0.717) is 0 Å². The van der Waals surface area contributed by atoms with Crippen molar-refractivity contribution in [3.63, 3.8) is 0 Å². The summed E-state index contributed by atoms with van der Waals surface area (Å²) in [4.78, 5) is 0. The molecule has 1 N–H and O–H groups in total. The quantitative estimate of drug-likeness (QED) is 0.464. The number of nitrogens with zero attached hydrogens (tertiary/aromatic N) is 1. The predicted molar refractivity (Wildman–Crippen MR) is 98.3 cm³/mol. The molecule has 0 unspecified atom stereocenters. The second-order valence-corrected chi connectivity index (χ2v) is 5.70. The maximum absolute atomic E-state index is 5.83. The number of anilines is 1. The van der Waals surface area contributed by atoms with Crippen molar-refractivity contribution in [2.24, 2.45) is 5.10 Å². The van der Waals surface area contributed by atoms with Crippen LogP contribution in [-0.2, 0) is 0 Å². The van der Waals surface area contributed by atoms with Crippen molar-refractivity contribution in [2.45, 2.75) is 0 Å². The number of hydrogen-bond acceptors (Lipinski definition) is 3. The molecule has 0 aliphatic rings. The number of nitrogens with one attached hydrogen (secondary N) is 1. The molecule has 4 heteroatoms. The van der Waals surface area contributed by atoms with Gasteiger partial charge in [0.1, 0.15) is 11.5 Å². The topological polar surface area (TPSA) is 33.6 Å². The minimum absolute atomic E-state index is 0.768. The Morgan fingerprint density at radius 2 is 1.57 bits per heavy atom. The minimum atomic E-state index is 0.768. The van der Waals surface area contributed by atoms with Crippen molar-refractivity contribution in [1.82, 2.24) is 0 Å². The summed E-state index contributed by atoms with van der Waals surface area (Å²) in [7, 11) is 0. The van der Waals surface area contributed by atoms with Gasteiger partial charge in [0.05, 0.1) is 16.4 Å². The van der Waals surface area contributed by atoms with Gasteiger partial charge in [0.25, 0.3) is 0 Å². The first-order chi connectivity index (χ1) is 11.3. The summed E-state index contributed by atoms with van der Waals surface area (Å²) in [6.45, 7) is 0. The Morgan fingerprint density at radius 1 is 0.870 bits per heavy atom. The molecule has 0 aliphatic heterocycles. The zero-order chi connectivity index (χ0) is 15.9. The Balaban J connectivity index is 1.67. The molecular formula is C19H15BrN2O. The molecule has 0 spiro atoms. The molecule has 114 valence electrons. The second kappa shape index (κ2) is 7.61. The zero-order valence-corrected chi connectivity index (χ0v) is 13.9. The lowest BCUT2D eigenvalue weighted by Crippen LogP contribution is -1.91. The molecule has 23 heavy (non-hydrogen) atoms. The van der Waals surface area contributed by atoms with Gasteiger partial charge in [-0.25, -0.2) is 0 Å². The van der Waals surface area contributed by atoms with Crippen LogP contribution in [0, 0.1) is 0 Å². The molecule has 0 heterocycles. The van der Waals surface area contributed by atoms with E-state index in [1.807, 2.05) is 78.9 Å². The van der Waals surface area contributed by atoms with Crippen LogP contribution in [0.1, 0.15) is 5.56 Å². The average Bonchev–Trinajstić information content (AvgIpc) is 2.59. The highest BCUT2D eigenvalue weighted by Crippen LogP contribution is 2.30. The van der Waals surface area contributed by atoms with Gasteiger partial charge >= 0.3 is 0 Å². The van der Waals surface area contributed by atoms with Crippen LogP contribution in [0.5, 0.6) is 11.5 Å². The van der Waals surface area contributed by atoms with Crippen LogP contribution in [-0.4, -0.2) is 6.21 Å². The number of hydrazone groups is 1. The summed E-state index contributed by atoms with van der Waals surface area (Å²) < 4.78 is 6.71. The number of para-hydroxylation sites is 2. The monoisotopic (exact) mass is 366 g/mol. The Bertz CT molecular complexity index is 789. The first-order valence-electron chi connectivity index (χ1n) is 7.18. The van der Waals surface area contributed by atoms with E-state index in [9.17, 15) is 0 Å². The van der Waals surface area contributed by atoms with Crippen LogP contribution in [0.4, 0.5) is 5.69 Å². The predicted octanol–water partition coefficient (Wildman–Crippen LogP) is 5.69. The van der Waals surface area contributed by atoms with Crippen LogP contribution < -0.4 is 10.2 Å². The molecule has 0 aromatic heterocycles. The third-order valence-electron chi connectivity index (χ3n) is 3.11. The maximum atomic E-state index is 5.83. The lowest BCUT2D eigenvalue weighted by atomic mass is 10.2. The Kier molecular flexibility index (Phi) is 5.06. The summed E-state index contributed by atoms with van der Waals surface area (Å²) in [5.74, 6) is 1.57. The van der Waals surface area contributed by atoms with E-state index in [0.717, 1.165) is 27.2 Å². The number of halogens is 1. The number of rotatable bonds is 5. The Morgan fingerprint density at radius 3 is 2.26 bits per heavy atom. The van der Waals surface area contributed by atoms with Crippen molar-refractivity contribution >= 4 is 27.8 Å². The van der Waals surface area contributed by atoms with E-state index in [-0.39, 0.29) is 0 Å². The number of hydrogen-bond donors (Lipinski definition) is 1. The van der Waals surface area contributed by atoms with Gasteiger partial charge in [-0.05, 0) is 64.0 Å². The first-order valence-corrected chi connectivity index (χ1v) is 7.97. The molecule has 3 rings (SSSR count). The van der Waals surface area contributed by atoms with E-state index in [4.69, 9.17) is 4.74 Å². The standard InChI is InChI=1S/C19H15BrN2O/c20-18-13-15(14-21-22-16-7-3-1-4-8-16)11-12-19(18)23-17-9-5-2-6-10-17/h1-14,22H. The SMILES string of the molecule is Brc1cc(C=NNc2ccccc2)ccc1Oc1ccccc1. The van der Waals surface area contributed by atoms with E-state index >= 15 is 0 Å². The fraction of sp³-hybridized carbons (Fsp3) is 0. The van der Waals surface area contributed by atoms with Crippen LogP contribution in [0.2, 0.25) is 0 Å². The summed E-state index contributed by atoms with van der Waals surface area (Å²) in [6, 6.07) is 25.4. The third-order valence-corrected chi connectivity index (χ3v) is 3.73. The highest BCUT2D eigenvalue weighted by Gasteiger charge is 2.03. The smallest absolute Gasteiger partial charge is 0.141 e. The van der Waals surface area contributed by atoms with E-state index in [1.165, 1.54) is 0 Å². The molecule has 3 nitrogen and oxygen atoms in total. The van der Waals surface area contributed by atoms with Crippen molar-refractivity contribution in [2.75, 3.05) is 5.43 Å². The lowest BCUT2D eigenvalue weighted by Gasteiger charge is -2.08. The largest absolute Gasteiger partial charge is 0.456 e. The second-order valence-electron chi connectivity index (χ2n) is 4.84. The fourth-order valence-corrected chi connectivity index (χ4v) is 2.47. The fourth-order valence-electron chi connectivity index (χ4n) is 1.99. The summed E-state index contributed by atoms with van der Waals surface area (Å²) in [5, 5.41) is 4.23. The molecule has 0 aliphatic carbocycles. The molecule has 0 saturated carbocycles. The average molecular weight is 367 g/mol. The maximum Gasteiger partial charge on any atom is 0.141 e. The molecule has 0 atom stereocenters. The van der Waals surface area contributed by atoms with Gasteiger partial charge in [0, 0.05) is 0 Å². The van der Waals surface area contributed by atoms with Crippen LogP contribution in [0.15, 0.2) is 88.4 Å². The van der Waals surface area contributed by atoms with Crippen molar-refractivity contribution in [3.05, 3.63) is 88.9 Å². The van der Waals surface area contributed by atoms with E-state index < -0.39 is 0 Å². The molecule has 3 aromatic rings. The van der Waals surface area contributed by atoms with Gasteiger partial charge in [0.2, 0.25) is 0 Å². The first kappa shape index (κ1) is 15.3. The molecule has 0 amide bonds. The van der Waals surface area contributed by atoms with Gasteiger partial charge in [-0.2, -0.15) is 5.10 Å². The Labute approximate surface area is 143 Å². The van der Waals surface area contributed by atoms with Crippen molar-refractivity contribution in [3.8, 4) is 11.5 Å². The minimum Gasteiger partial charge on any atom is -0.456 e. The van der Waals surface area contributed by atoms with Gasteiger partial charge in [-0.3, -0.25) is 5.43 Å². The molecule has 0 bridgehead atoms. The lowest BCUT2D eigenvalue weighted by molar-refractivity contribution is 0.479. The number of ether oxygens (including phenoxy) is 1. The van der Waals surface area contributed by atoms with E-state index in [1.54, 1.807) is 6.21 Å². The van der Waals surface area contributed by atoms with Crippen LogP contribution in [0.3, 0.4) is 0 Å². The highest BCUT2D eigenvalue weighted by molar-refractivity contribution is 9.10. The van der Waals surface area contributed by atoms with Crippen LogP contribution >= 0.6 is 15.9 Å².